The lowest BCUT2D eigenvalue weighted by Gasteiger charge is -2.08. The van der Waals surface area contributed by atoms with Gasteiger partial charge in [0.2, 0.25) is 0 Å². The third-order valence-electron chi connectivity index (χ3n) is 2.03. The minimum atomic E-state index is -0.202. The maximum absolute atomic E-state index is 10.6. The Morgan fingerprint density at radius 2 is 2.08 bits per heavy atom. The molecule has 0 aliphatic rings. The fraction of sp³-hybridized carbons (Fsp3) is 0.300. The lowest BCUT2D eigenvalue weighted by Crippen LogP contribution is -1.97. The Balaban J connectivity index is 3.01. The minimum Gasteiger partial charge on any atom is -0.504 e. The van der Waals surface area contributed by atoms with Crippen LogP contribution in [0, 0.1) is 0 Å². The topological polar surface area (TPSA) is 57.5 Å². The zero-order valence-corrected chi connectivity index (χ0v) is 7.40. The lowest BCUT2D eigenvalue weighted by molar-refractivity contribution is -0.109. The Morgan fingerprint density at radius 3 is 2.54 bits per heavy atom. The van der Waals surface area contributed by atoms with E-state index in [2.05, 4.69) is 0 Å². The predicted molar refractivity (Wildman–Crippen MR) is 48.9 cm³/mol. The van der Waals surface area contributed by atoms with Crippen molar-refractivity contribution in [3.63, 3.8) is 0 Å². The second-order valence-corrected chi connectivity index (χ2v) is 2.90. The van der Waals surface area contributed by atoms with Crippen LogP contribution >= 0.6 is 0 Å². The van der Waals surface area contributed by atoms with Crippen molar-refractivity contribution in [3.05, 3.63) is 23.8 Å². The molecule has 3 heteroatoms. The first-order valence-corrected chi connectivity index (χ1v) is 4.16. The van der Waals surface area contributed by atoms with E-state index in [0.717, 1.165) is 11.8 Å². The Kier molecular flexibility index (Phi) is 2.90. The van der Waals surface area contributed by atoms with Gasteiger partial charge in [-0.15, -0.1) is 0 Å². The number of carbonyl (C=O) groups is 1. The van der Waals surface area contributed by atoms with Crippen molar-refractivity contribution in [1.29, 1.82) is 0 Å². The maximum atomic E-state index is 10.6. The molecule has 13 heavy (non-hydrogen) atoms. The number of rotatable bonds is 3. The highest BCUT2D eigenvalue weighted by molar-refractivity contribution is 5.63. The van der Waals surface area contributed by atoms with Gasteiger partial charge in [-0.25, -0.2) is 0 Å². The Morgan fingerprint density at radius 1 is 1.38 bits per heavy atom. The summed E-state index contributed by atoms with van der Waals surface area (Å²) < 4.78 is 0. The summed E-state index contributed by atoms with van der Waals surface area (Å²) in [6.07, 6.45) is 1.53. The second kappa shape index (κ2) is 3.94. The molecular weight excluding hydrogens is 168 g/mol. The van der Waals surface area contributed by atoms with Crippen molar-refractivity contribution in [3.8, 4) is 11.5 Å². The van der Waals surface area contributed by atoms with Crippen molar-refractivity contribution in [2.75, 3.05) is 0 Å². The van der Waals surface area contributed by atoms with Gasteiger partial charge in [0.15, 0.2) is 11.5 Å². The highest BCUT2D eigenvalue weighted by Gasteiger charge is 2.09. The Labute approximate surface area is 76.6 Å². The van der Waals surface area contributed by atoms with Gasteiger partial charge in [-0.1, -0.05) is 13.0 Å². The van der Waals surface area contributed by atoms with E-state index < -0.39 is 0 Å². The number of benzene rings is 1. The molecule has 0 aliphatic carbocycles. The van der Waals surface area contributed by atoms with Crippen molar-refractivity contribution in [1.82, 2.24) is 0 Å². The molecule has 3 nitrogen and oxygen atoms in total. The van der Waals surface area contributed by atoms with Crippen LogP contribution in [0.15, 0.2) is 18.2 Å². The molecule has 0 saturated carbocycles. The number of aromatic hydroxyl groups is 2. The zero-order valence-electron chi connectivity index (χ0n) is 7.40. The largest absolute Gasteiger partial charge is 0.504 e. The van der Waals surface area contributed by atoms with Crippen LogP contribution in [0.25, 0.3) is 0 Å². The van der Waals surface area contributed by atoms with Crippen LogP contribution < -0.4 is 0 Å². The number of phenols is 2. The van der Waals surface area contributed by atoms with Gasteiger partial charge < -0.3 is 15.0 Å². The molecule has 1 aromatic rings. The van der Waals surface area contributed by atoms with E-state index in [1.54, 1.807) is 6.07 Å². The molecule has 0 bridgehead atoms. The molecule has 0 spiro atoms. The number of hydrogen-bond acceptors (Lipinski definition) is 3. The van der Waals surface area contributed by atoms with Gasteiger partial charge in [0, 0.05) is 5.92 Å². The van der Waals surface area contributed by atoms with Gasteiger partial charge in [-0.05, 0) is 24.1 Å². The molecule has 1 atom stereocenters. The first-order chi connectivity index (χ1) is 6.19. The molecule has 0 aromatic heterocycles. The van der Waals surface area contributed by atoms with Crippen molar-refractivity contribution in [2.45, 2.75) is 19.3 Å². The quantitative estimate of drug-likeness (QED) is 0.550. The summed E-state index contributed by atoms with van der Waals surface area (Å²) in [7, 11) is 0. The van der Waals surface area contributed by atoms with Crippen LogP contribution in [0.3, 0.4) is 0 Å². The number of hydrogen-bond donors (Lipinski definition) is 2. The fourth-order valence-electron chi connectivity index (χ4n) is 1.18. The van der Waals surface area contributed by atoms with Gasteiger partial charge in [-0.2, -0.15) is 0 Å². The summed E-state index contributed by atoms with van der Waals surface area (Å²) in [6, 6.07) is 4.44. The molecule has 0 fully saturated rings. The van der Waals surface area contributed by atoms with E-state index in [0.29, 0.717) is 6.42 Å². The highest BCUT2D eigenvalue weighted by atomic mass is 16.3. The van der Waals surface area contributed by atoms with Crippen LogP contribution in [0.4, 0.5) is 0 Å². The Hall–Kier alpha value is -1.51. The van der Waals surface area contributed by atoms with E-state index in [1.165, 1.54) is 12.1 Å². The third kappa shape index (κ3) is 1.99. The average Bonchev–Trinajstić information content (AvgIpc) is 2.13. The van der Waals surface area contributed by atoms with E-state index >= 15 is 0 Å². The molecule has 0 radical (unpaired) electrons. The van der Waals surface area contributed by atoms with E-state index in [-0.39, 0.29) is 17.4 Å². The summed E-state index contributed by atoms with van der Waals surface area (Å²) in [5, 5.41) is 18.2. The monoisotopic (exact) mass is 180 g/mol. The minimum absolute atomic E-state index is 0.162. The van der Waals surface area contributed by atoms with E-state index in [9.17, 15) is 9.90 Å². The molecule has 0 saturated heterocycles. The molecule has 1 unspecified atom stereocenters. The normalized spacial score (nSPS) is 12.4. The Bertz CT molecular complexity index is 307. The van der Waals surface area contributed by atoms with Crippen LogP contribution in [-0.2, 0) is 4.79 Å². The van der Waals surface area contributed by atoms with Crippen molar-refractivity contribution < 1.29 is 15.0 Å². The highest BCUT2D eigenvalue weighted by Crippen LogP contribution is 2.28. The van der Waals surface area contributed by atoms with Gasteiger partial charge in [-0.3, -0.25) is 0 Å². The molecule has 0 amide bonds. The summed E-state index contributed by atoms with van der Waals surface area (Å²) >= 11 is 0. The van der Waals surface area contributed by atoms with E-state index in [1.807, 2.05) is 6.92 Å². The first kappa shape index (κ1) is 9.58. The molecule has 1 rings (SSSR count). The summed E-state index contributed by atoms with van der Waals surface area (Å²) in [5.74, 6) is -0.547. The summed E-state index contributed by atoms with van der Waals surface area (Å²) in [4.78, 5) is 10.6. The van der Waals surface area contributed by atoms with Crippen molar-refractivity contribution in [2.24, 2.45) is 0 Å². The number of carbonyl (C=O) groups excluding carboxylic acids is 1. The lowest BCUT2D eigenvalue weighted by atomic mass is 9.98. The first-order valence-electron chi connectivity index (χ1n) is 4.16. The SMILES string of the molecule is CCC(C=O)c1ccc(O)c(O)c1. The maximum Gasteiger partial charge on any atom is 0.157 e. The van der Waals surface area contributed by atoms with Crippen molar-refractivity contribution >= 4 is 6.29 Å². The zero-order chi connectivity index (χ0) is 9.84. The second-order valence-electron chi connectivity index (χ2n) is 2.90. The molecule has 0 aliphatic heterocycles. The molecule has 0 heterocycles. The summed E-state index contributed by atoms with van der Waals surface area (Å²) in [6.45, 7) is 1.89. The smallest absolute Gasteiger partial charge is 0.157 e. The van der Waals surface area contributed by atoms with Crippen LogP contribution in [0.1, 0.15) is 24.8 Å². The van der Waals surface area contributed by atoms with E-state index in [4.69, 9.17) is 5.11 Å². The molecule has 2 N–H and O–H groups in total. The number of phenolic OH excluding ortho intramolecular Hbond substituents is 2. The molecular formula is C10H12O3. The standard InChI is InChI=1S/C10H12O3/c1-2-7(6-11)8-3-4-9(12)10(13)5-8/h3-7,12-13H,2H2,1H3. The third-order valence-corrected chi connectivity index (χ3v) is 2.03. The number of aldehydes is 1. The van der Waals surface area contributed by atoms with Gasteiger partial charge >= 0.3 is 0 Å². The van der Waals surface area contributed by atoms with Gasteiger partial charge in [0.1, 0.15) is 6.29 Å². The molecule has 1 aromatic carbocycles. The van der Waals surface area contributed by atoms with Gasteiger partial charge in [0.25, 0.3) is 0 Å². The van der Waals surface area contributed by atoms with Crippen LogP contribution in [-0.4, -0.2) is 16.5 Å². The van der Waals surface area contributed by atoms with Crippen LogP contribution in [0.5, 0.6) is 11.5 Å². The van der Waals surface area contributed by atoms with Crippen LogP contribution in [0.2, 0.25) is 0 Å². The fourth-order valence-corrected chi connectivity index (χ4v) is 1.18. The average molecular weight is 180 g/mol. The predicted octanol–water partition coefficient (Wildman–Crippen LogP) is 1.79. The molecule has 70 valence electrons. The summed E-state index contributed by atoms with van der Waals surface area (Å²) in [5.41, 5.74) is 0.729. The van der Waals surface area contributed by atoms with Gasteiger partial charge in [0.05, 0.1) is 0 Å².